The van der Waals surface area contributed by atoms with E-state index in [1.807, 2.05) is 0 Å². The lowest BCUT2D eigenvalue weighted by Gasteiger charge is -2.33. The van der Waals surface area contributed by atoms with Crippen LogP contribution in [0.2, 0.25) is 0 Å². The van der Waals surface area contributed by atoms with Gasteiger partial charge >= 0.3 is 6.09 Å². The molecule has 0 atom stereocenters. The first-order valence-corrected chi connectivity index (χ1v) is 5.09. The van der Waals surface area contributed by atoms with E-state index in [-0.39, 0.29) is 17.9 Å². The molecule has 2 amide bonds. The monoisotopic (exact) mass is 252 g/mol. The molecule has 0 saturated carbocycles. The SMILES string of the molecule is O=CCN1C(=O)CN(C(=O)O)c2c(F)cccc21. The molecule has 0 radical (unpaired) electrons. The zero-order valence-corrected chi connectivity index (χ0v) is 9.17. The molecule has 18 heavy (non-hydrogen) atoms. The van der Waals surface area contributed by atoms with Gasteiger partial charge in [-0.25, -0.2) is 9.18 Å². The predicted octanol–water partition coefficient (Wildman–Crippen LogP) is 0.856. The number of carbonyl (C=O) groups is 3. The van der Waals surface area contributed by atoms with Gasteiger partial charge in [0, 0.05) is 0 Å². The summed E-state index contributed by atoms with van der Waals surface area (Å²) in [5.74, 6) is -1.32. The van der Waals surface area contributed by atoms with Gasteiger partial charge in [-0.3, -0.25) is 9.69 Å². The van der Waals surface area contributed by atoms with Crippen LogP contribution in [0.4, 0.5) is 20.6 Å². The van der Waals surface area contributed by atoms with E-state index in [9.17, 15) is 18.8 Å². The van der Waals surface area contributed by atoms with Gasteiger partial charge in [0.05, 0.1) is 12.2 Å². The van der Waals surface area contributed by atoms with Crippen molar-refractivity contribution in [1.29, 1.82) is 0 Å². The molecule has 2 rings (SSSR count). The van der Waals surface area contributed by atoms with Crippen LogP contribution < -0.4 is 9.80 Å². The maximum atomic E-state index is 13.7. The van der Waals surface area contributed by atoms with Crippen molar-refractivity contribution in [2.75, 3.05) is 22.9 Å². The Morgan fingerprint density at radius 2 is 2.22 bits per heavy atom. The lowest BCUT2D eigenvalue weighted by molar-refractivity contribution is -0.118. The molecule has 1 heterocycles. The van der Waals surface area contributed by atoms with Crippen molar-refractivity contribution in [1.82, 2.24) is 0 Å². The van der Waals surface area contributed by atoms with Gasteiger partial charge in [-0.1, -0.05) is 6.07 Å². The predicted molar refractivity (Wildman–Crippen MR) is 60.2 cm³/mol. The minimum atomic E-state index is -1.42. The second-order valence-electron chi connectivity index (χ2n) is 3.65. The van der Waals surface area contributed by atoms with Gasteiger partial charge < -0.3 is 14.8 Å². The molecule has 1 aliphatic heterocycles. The molecule has 7 heteroatoms. The number of para-hydroxylation sites is 1. The van der Waals surface area contributed by atoms with Gasteiger partial charge in [-0.15, -0.1) is 0 Å². The zero-order valence-electron chi connectivity index (χ0n) is 9.17. The molecule has 0 aliphatic carbocycles. The van der Waals surface area contributed by atoms with Crippen LogP contribution in [0, 0.1) is 5.82 Å². The van der Waals surface area contributed by atoms with Gasteiger partial charge in [0.25, 0.3) is 0 Å². The van der Waals surface area contributed by atoms with Crippen molar-refractivity contribution in [2.45, 2.75) is 0 Å². The first-order chi connectivity index (χ1) is 8.56. The van der Waals surface area contributed by atoms with Crippen molar-refractivity contribution in [3.63, 3.8) is 0 Å². The molecule has 0 spiro atoms. The van der Waals surface area contributed by atoms with Crippen LogP contribution in [0.3, 0.4) is 0 Å². The minimum Gasteiger partial charge on any atom is -0.465 e. The first kappa shape index (κ1) is 12.0. The first-order valence-electron chi connectivity index (χ1n) is 5.09. The van der Waals surface area contributed by atoms with Crippen molar-refractivity contribution in [2.24, 2.45) is 0 Å². The summed E-state index contributed by atoms with van der Waals surface area (Å²) in [6.45, 7) is -0.736. The molecule has 1 aliphatic rings. The zero-order chi connectivity index (χ0) is 13.3. The molecule has 0 bridgehead atoms. The number of hydrogen-bond acceptors (Lipinski definition) is 3. The summed E-state index contributed by atoms with van der Waals surface area (Å²) in [6.07, 6.45) is -0.913. The number of nitrogens with zero attached hydrogens (tertiary/aromatic N) is 2. The van der Waals surface area contributed by atoms with Crippen LogP contribution in [0.1, 0.15) is 0 Å². The quantitative estimate of drug-likeness (QED) is 0.792. The molecule has 6 nitrogen and oxygen atoms in total. The Balaban J connectivity index is 2.59. The van der Waals surface area contributed by atoms with Crippen LogP contribution in [-0.4, -0.2) is 36.5 Å². The fourth-order valence-corrected chi connectivity index (χ4v) is 1.86. The number of rotatable bonds is 2. The van der Waals surface area contributed by atoms with Gasteiger partial charge in [-0.05, 0) is 12.1 Å². The molecular weight excluding hydrogens is 243 g/mol. The minimum absolute atomic E-state index is 0.0840. The Morgan fingerprint density at radius 3 is 2.83 bits per heavy atom. The number of anilines is 2. The summed E-state index contributed by atoms with van der Waals surface area (Å²) in [5.41, 5.74) is -0.118. The number of hydrogen-bond donors (Lipinski definition) is 1. The second kappa shape index (κ2) is 4.44. The normalized spacial score (nSPS) is 14.4. The number of carboxylic acid groups (broad SMARTS) is 1. The summed E-state index contributed by atoms with van der Waals surface area (Å²) in [7, 11) is 0. The molecule has 1 N–H and O–H groups in total. The van der Waals surface area contributed by atoms with Gasteiger partial charge in [0.1, 0.15) is 24.3 Å². The van der Waals surface area contributed by atoms with Crippen LogP contribution in [0.5, 0.6) is 0 Å². The van der Waals surface area contributed by atoms with E-state index >= 15 is 0 Å². The van der Waals surface area contributed by atoms with Crippen molar-refractivity contribution in [3.05, 3.63) is 24.0 Å². The second-order valence-corrected chi connectivity index (χ2v) is 3.65. The highest BCUT2D eigenvalue weighted by Gasteiger charge is 2.34. The fourth-order valence-electron chi connectivity index (χ4n) is 1.86. The Bertz CT molecular complexity index is 532. The third-order valence-corrected chi connectivity index (χ3v) is 2.61. The van der Waals surface area contributed by atoms with Gasteiger partial charge in [0.2, 0.25) is 5.91 Å². The molecule has 0 saturated heterocycles. The molecule has 0 unspecified atom stereocenters. The molecule has 0 aromatic heterocycles. The maximum absolute atomic E-state index is 13.7. The number of halogens is 1. The molecule has 1 aromatic rings. The number of benzene rings is 1. The van der Waals surface area contributed by atoms with Crippen molar-refractivity contribution in [3.8, 4) is 0 Å². The van der Waals surface area contributed by atoms with E-state index in [0.717, 1.165) is 11.0 Å². The largest absolute Gasteiger partial charge is 0.465 e. The van der Waals surface area contributed by atoms with E-state index in [0.29, 0.717) is 11.2 Å². The molecule has 94 valence electrons. The van der Waals surface area contributed by atoms with Crippen LogP contribution >= 0.6 is 0 Å². The van der Waals surface area contributed by atoms with Crippen LogP contribution in [0.15, 0.2) is 18.2 Å². The summed E-state index contributed by atoms with van der Waals surface area (Å²) in [6, 6.07) is 3.85. The summed E-state index contributed by atoms with van der Waals surface area (Å²) >= 11 is 0. The summed E-state index contributed by atoms with van der Waals surface area (Å²) in [5, 5.41) is 8.96. The average Bonchev–Trinajstić information content (AvgIpc) is 2.32. The number of aldehydes is 1. The lowest BCUT2D eigenvalue weighted by atomic mass is 10.1. The summed E-state index contributed by atoms with van der Waals surface area (Å²) in [4.78, 5) is 34.9. The number of fused-ring (bicyclic) bond motifs is 1. The standard InChI is InChI=1S/C11H9FN2O4/c12-7-2-1-3-8-10(7)14(11(17)18)6-9(16)13(8)4-5-15/h1-3,5H,4,6H2,(H,17,18). The molecule has 0 fully saturated rings. The smallest absolute Gasteiger partial charge is 0.412 e. The highest BCUT2D eigenvalue weighted by atomic mass is 19.1. The Labute approximate surface area is 101 Å². The highest BCUT2D eigenvalue weighted by Crippen LogP contribution is 2.35. The maximum Gasteiger partial charge on any atom is 0.412 e. The molecular formula is C11H9FN2O4. The Hall–Kier alpha value is -2.44. The van der Waals surface area contributed by atoms with Gasteiger partial charge in [-0.2, -0.15) is 0 Å². The van der Waals surface area contributed by atoms with Gasteiger partial charge in [0.15, 0.2) is 0 Å². The Kier molecular flexibility index (Phi) is 2.97. The summed E-state index contributed by atoms with van der Waals surface area (Å²) < 4.78 is 13.7. The van der Waals surface area contributed by atoms with Crippen molar-refractivity contribution >= 4 is 29.7 Å². The van der Waals surface area contributed by atoms with E-state index in [4.69, 9.17) is 5.11 Å². The average molecular weight is 252 g/mol. The third-order valence-electron chi connectivity index (χ3n) is 2.61. The third kappa shape index (κ3) is 1.79. The van der Waals surface area contributed by atoms with Crippen molar-refractivity contribution < 1.29 is 23.9 Å². The fraction of sp³-hybridized carbons (Fsp3) is 0.182. The van der Waals surface area contributed by atoms with E-state index in [1.165, 1.54) is 12.1 Å². The van der Waals surface area contributed by atoms with E-state index < -0.39 is 24.4 Å². The number of carbonyl (C=O) groups excluding carboxylic acids is 2. The highest BCUT2D eigenvalue weighted by molar-refractivity contribution is 6.10. The lowest BCUT2D eigenvalue weighted by Crippen LogP contribution is -2.48. The van der Waals surface area contributed by atoms with Crippen LogP contribution in [0.25, 0.3) is 0 Å². The number of amides is 2. The topological polar surface area (TPSA) is 77.9 Å². The van der Waals surface area contributed by atoms with Crippen LogP contribution in [-0.2, 0) is 9.59 Å². The Morgan fingerprint density at radius 1 is 1.50 bits per heavy atom. The molecule has 1 aromatic carbocycles. The van der Waals surface area contributed by atoms with E-state index in [1.54, 1.807) is 0 Å². The van der Waals surface area contributed by atoms with E-state index in [2.05, 4.69) is 0 Å².